The molecule has 1 aromatic heterocycles. The second-order valence-corrected chi connectivity index (χ2v) is 8.87. The molecule has 1 rings (SSSR count). The zero-order valence-corrected chi connectivity index (χ0v) is 14.2. The van der Waals surface area contributed by atoms with Gasteiger partial charge in [0.25, 0.3) is 10.0 Å². The molecule has 0 aliphatic carbocycles. The molecule has 0 spiro atoms. The summed E-state index contributed by atoms with van der Waals surface area (Å²) in [5, 5.41) is 9.45. The fourth-order valence-electron chi connectivity index (χ4n) is 1.51. The number of hydrogen-bond donors (Lipinski definition) is 2. The number of rotatable bonds is 6. The van der Waals surface area contributed by atoms with Crippen molar-refractivity contribution in [3.8, 4) is 0 Å². The van der Waals surface area contributed by atoms with Crippen molar-refractivity contribution in [2.75, 3.05) is 0 Å². The molecule has 0 amide bonds. The van der Waals surface area contributed by atoms with Crippen LogP contribution >= 0.6 is 38.9 Å². The van der Waals surface area contributed by atoms with Gasteiger partial charge in [-0.05, 0) is 35.3 Å². The summed E-state index contributed by atoms with van der Waals surface area (Å²) in [6.07, 6.45) is 0.738. The summed E-state index contributed by atoms with van der Waals surface area (Å²) in [5.41, 5.74) is -1.53. The molecule has 1 atom stereocenters. The van der Waals surface area contributed by atoms with Crippen LogP contribution in [0.25, 0.3) is 0 Å². The lowest BCUT2D eigenvalue weighted by Crippen LogP contribution is -2.51. The summed E-state index contributed by atoms with van der Waals surface area (Å²) < 4.78 is 27.0. The number of hydrogen-bond acceptors (Lipinski definition) is 4. The minimum Gasteiger partial charge on any atom is -0.480 e. The summed E-state index contributed by atoms with van der Waals surface area (Å²) in [4.78, 5) is 11.2. The molecular weight excluding hydrogens is 378 g/mol. The maximum absolute atomic E-state index is 12.1. The summed E-state index contributed by atoms with van der Waals surface area (Å²) in [5.74, 6) is -1.21. The number of aliphatic carboxylic acids is 1. The van der Waals surface area contributed by atoms with E-state index in [2.05, 4.69) is 20.7 Å². The van der Waals surface area contributed by atoms with Crippen LogP contribution < -0.4 is 4.72 Å². The maximum Gasteiger partial charge on any atom is 0.324 e. The SMILES string of the molecule is CCCC(C)(NS(=O)(=O)c1cc(Cl)c(Br)s1)C(=O)O. The van der Waals surface area contributed by atoms with Gasteiger partial charge in [0.2, 0.25) is 0 Å². The first-order chi connectivity index (χ1) is 8.62. The highest BCUT2D eigenvalue weighted by molar-refractivity contribution is 9.11. The smallest absolute Gasteiger partial charge is 0.324 e. The van der Waals surface area contributed by atoms with Gasteiger partial charge in [-0.25, -0.2) is 8.42 Å². The van der Waals surface area contributed by atoms with Gasteiger partial charge in [0.05, 0.1) is 8.81 Å². The third-order valence-electron chi connectivity index (χ3n) is 2.47. The monoisotopic (exact) mass is 389 g/mol. The van der Waals surface area contributed by atoms with Crippen molar-refractivity contribution in [3.05, 3.63) is 14.9 Å². The second-order valence-electron chi connectivity index (χ2n) is 4.18. The minimum absolute atomic E-state index is 0.0204. The molecule has 19 heavy (non-hydrogen) atoms. The predicted molar refractivity (Wildman–Crippen MR) is 78.3 cm³/mol. The average molecular weight is 391 g/mol. The van der Waals surface area contributed by atoms with Crippen molar-refractivity contribution in [3.63, 3.8) is 0 Å². The summed E-state index contributed by atoms with van der Waals surface area (Å²) in [7, 11) is -3.91. The van der Waals surface area contributed by atoms with E-state index in [1.165, 1.54) is 13.0 Å². The zero-order chi connectivity index (χ0) is 14.8. The molecule has 9 heteroatoms. The number of carbonyl (C=O) groups is 1. The number of halogens is 2. The number of thiophene rings is 1. The van der Waals surface area contributed by atoms with Gasteiger partial charge in [-0.2, -0.15) is 4.72 Å². The molecule has 0 saturated heterocycles. The van der Waals surface area contributed by atoms with Crippen LogP contribution in [0.2, 0.25) is 5.02 Å². The van der Waals surface area contributed by atoms with Crippen molar-refractivity contribution in [2.45, 2.75) is 36.4 Å². The molecule has 2 N–H and O–H groups in total. The van der Waals surface area contributed by atoms with Crippen LogP contribution in [0, 0.1) is 0 Å². The molecule has 0 aromatic carbocycles. The third kappa shape index (κ3) is 3.91. The van der Waals surface area contributed by atoms with E-state index in [1.54, 1.807) is 6.92 Å². The molecule has 0 radical (unpaired) electrons. The first kappa shape index (κ1) is 16.9. The Morgan fingerprint density at radius 2 is 2.21 bits per heavy atom. The van der Waals surface area contributed by atoms with Crippen LogP contribution in [0.3, 0.4) is 0 Å². The van der Waals surface area contributed by atoms with E-state index < -0.39 is 21.5 Å². The first-order valence-electron chi connectivity index (χ1n) is 5.34. The molecule has 0 fully saturated rings. The van der Waals surface area contributed by atoms with Gasteiger partial charge in [0.1, 0.15) is 9.75 Å². The lowest BCUT2D eigenvalue weighted by atomic mass is 9.98. The Morgan fingerprint density at radius 3 is 2.58 bits per heavy atom. The Bertz CT molecular complexity index is 567. The Labute approximate surface area is 129 Å². The Balaban J connectivity index is 3.11. The number of carboxylic acids is 1. The van der Waals surface area contributed by atoms with E-state index in [1.807, 2.05) is 0 Å². The van der Waals surface area contributed by atoms with Crippen LogP contribution in [0.15, 0.2) is 14.1 Å². The highest BCUT2D eigenvalue weighted by Crippen LogP contribution is 2.35. The molecule has 0 saturated carbocycles. The van der Waals surface area contributed by atoms with Crippen molar-refractivity contribution in [2.24, 2.45) is 0 Å². The van der Waals surface area contributed by atoms with Crippen LogP contribution in [-0.2, 0) is 14.8 Å². The minimum atomic E-state index is -3.91. The van der Waals surface area contributed by atoms with E-state index in [-0.39, 0.29) is 15.7 Å². The fourth-order valence-corrected chi connectivity index (χ4v) is 5.30. The first-order valence-corrected chi connectivity index (χ1v) is 8.81. The van der Waals surface area contributed by atoms with Crippen LogP contribution in [0.1, 0.15) is 26.7 Å². The van der Waals surface area contributed by atoms with Gasteiger partial charge in [-0.1, -0.05) is 24.9 Å². The lowest BCUT2D eigenvalue weighted by molar-refractivity contribution is -0.143. The van der Waals surface area contributed by atoms with E-state index in [0.29, 0.717) is 10.2 Å². The molecule has 1 heterocycles. The van der Waals surface area contributed by atoms with Crippen LogP contribution in [-0.4, -0.2) is 25.0 Å². The summed E-state index contributed by atoms with van der Waals surface area (Å²) in [6, 6.07) is 1.28. The standard InChI is InChI=1S/C10H13BrClNO4S2/c1-3-4-10(2,9(14)15)13-19(16,17)7-5-6(12)8(11)18-7/h5,13H,3-4H2,1-2H3,(H,14,15). The van der Waals surface area contributed by atoms with Crippen LogP contribution in [0.4, 0.5) is 0 Å². The lowest BCUT2D eigenvalue weighted by Gasteiger charge is -2.24. The van der Waals surface area contributed by atoms with Gasteiger partial charge >= 0.3 is 5.97 Å². The molecule has 108 valence electrons. The van der Waals surface area contributed by atoms with Gasteiger partial charge in [0.15, 0.2) is 0 Å². The Kier molecular flexibility index (Phi) is 5.42. The van der Waals surface area contributed by atoms with E-state index in [9.17, 15) is 18.3 Å². The third-order valence-corrected chi connectivity index (χ3v) is 7.01. The number of sulfonamides is 1. The Hall–Kier alpha value is -0.150. The average Bonchev–Trinajstić information content (AvgIpc) is 2.59. The number of carboxylic acid groups (broad SMARTS) is 1. The van der Waals surface area contributed by atoms with Crippen molar-refractivity contribution < 1.29 is 18.3 Å². The van der Waals surface area contributed by atoms with Crippen molar-refractivity contribution in [1.82, 2.24) is 4.72 Å². The van der Waals surface area contributed by atoms with E-state index >= 15 is 0 Å². The number of nitrogens with one attached hydrogen (secondary N) is 1. The highest BCUT2D eigenvalue weighted by Gasteiger charge is 2.37. The largest absolute Gasteiger partial charge is 0.480 e. The van der Waals surface area contributed by atoms with E-state index in [0.717, 1.165) is 11.3 Å². The molecule has 1 unspecified atom stereocenters. The molecule has 0 aliphatic rings. The normalized spacial score (nSPS) is 15.2. The summed E-state index contributed by atoms with van der Waals surface area (Å²) in [6.45, 7) is 3.13. The van der Waals surface area contributed by atoms with Crippen molar-refractivity contribution in [1.29, 1.82) is 0 Å². The van der Waals surface area contributed by atoms with Crippen LogP contribution in [0.5, 0.6) is 0 Å². The highest BCUT2D eigenvalue weighted by atomic mass is 79.9. The van der Waals surface area contributed by atoms with Crippen molar-refractivity contribution >= 4 is 54.9 Å². The topological polar surface area (TPSA) is 83.5 Å². The molecular formula is C10H13BrClNO4S2. The fraction of sp³-hybridized carbons (Fsp3) is 0.500. The van der Waals surface area contributed by atoms with Gasteiger partial charge < -0.3 is 5.11 Å². The van der Waals surface area contributed by atoms with E-state index in [4.69, 9.17) is 11.6 Å². The Morgan fingerprint density at radius 1 is 1.63 bits per heavy atom. The van der Waals surface area contributed by atoms with Gasteiger partial charge in [-0.15, -0.1) is 11.3 Å². The quantitative estimate of drug-likeness (QED) is 0.782. The summed E-state index contributed by atoms with van der Waals surface area (Å²) >= 11 is 9.84. The molecule has 1 aromatic rings. The predicted octanol–water partition coefficient (Wildman–Crippen LogP) is 3.09. The second kappa shape index (κ2) is 6.09. The molecule has 0 bridgehead atoms. The van der Waals surface area contributed by atoms with Gasteiger partial charge in [0, 0.05) is 0 Å². The molecule has 5 nitrogen and oxygen atoms in total. The molecule has 0 aliphatic heterocycles. The van der Waals surface area contributed by atoms with Gasteiger partial charge in [-0.3, -0.25) is 4.79 Å². The zero-order valence-electron chi connectivity index (χ0n) is 10.2. The maximum atomic E-state index is 12.1.